The summed E-state index contributed by atoms with van der Waals surface area (Å²) in [5, 5.41) is 1.25. The number of carbonyl (C=O) groups excluding carboxylic acids is 1. The Morgan fingerprint density at radius 1 is 1.39 bits per heavy atom. The number of hydrogen-bond acceptors (Lipinski definition) is 4. The molecule has 23 heavy (non-hydrogen) atoms. The summed E-state index contributed by atoms with van der Waals surface area (Å²) >= 11 is 6.06. The fourth-order valence-corrected chi connectivity index (χ4v) is 4.34. The number of fused-ring (bicyclic) bond motifs is 4. The smallest absolute Gasteiger partial charge is 0.335 e. The van der Waals surface area contributed by atoms with Crippen LogP contribution in [0.4, 0.5) is 5.82 Å². The van der Waals surface area contributed by atoms with Gasteiger partial charge in [0.1, 0.15) is 5.15 Å². The van der Waals surface area contributed by atoms with E-state index in [0.717, 1.165) is 30.2 Å². The van der Waals surface area contributed by atoms with Gasteiger partial charge in [0.15, 0.2) is 5.82 Å². The molecule has 0 amide bonds. The van der Waals surface area contributed by atoms with Gasteiger partial charge in [-0.25, -0.2) is 9.78 Å². The lowest BCUT2D eigenvalue weighted by molar-refractivity contribution is -0.151. The molecule has 0 aromatic carbocycles. The summed E-state index contributed by atoms with van der Waals surface area (Å²) in [5.41, 5.74) is 3.68. The van der Waals surface area contributed by atoms with Gasteiger partial charge in [-0.2, -0.15) is 5.48 Å². The monoisotopic (exact) mass is 333 g/mol. The largest absolute Gasteiger partial charge is 0.350 e. The Hall–Kier alpha value is -1.75. The van der Waals surface area contributed by atoms with Crippen molar-refractivity contribution in [2.24, 2.45) is 24.8 Å². The molecule has 122 valence electrons. The van der Waals surface area contributed by atoms with Crippen molar-refractivity contribution in [2.45, 2.75) is 32.1 Å². The number of halogens is 1. The van der Waals surface area contributed by atoms with Crippen molar-refractivity contribution in [3.05, 3.63) is 23.5 Å². The highest BCUT2D eigenvalue weighted by Gasteiger charge is 2.40. The molecule has 0 aliphatic heterocycles. The zero-order valence-electron chi connectivity index (χ0n) is 13.1. The number of pyridine rings is 1. The second-order valence-corrected chi connectivity index (χ2v) is 7.19. The highest BCUT2D eigenvalue weighted by Crippen LogP contribution is 2.45. The van der Waals surface area contributed by atoms with Crippen molar-refractivity contribution in [2.75, 3.05) is 5.48 Å². The summed E-state index contributed by atoms with van der Waals surface area (Å²) in [5.74, 6) is 1.54. The quantitative estimate of drug-likeness (QED) is 0.683. The van der Waals surface area contributed by atoms with Gasteiger partial charge in [0.05, 0.1) is 11.4 Å². The first-order valence-electron chi connectivity index (χ1n) is 8.20. The number of hydrogen-bond donors (Lipinski definition) is 1. The molecule has 1 atom stereocenters. The van der Waals surface area contributed by atoms with E-state index in [0.29, 0.717) is 22.8 Å². The molecule has 0 radical (unpaired) electrons. The summed E-state index contributed by atoms with van der Waals surface area (Å²) < 4.78 is 1.95. The Balaban J connectivity index is 1.50. The minimum absolute atomic E-state index is 0.0282. The van der Waals surface area contributed by atoms with Crippen molar-refractivity contribution in [1.82, 2.24) is 9.55 Å². The SMILES string of the molecule is Cn1ccc2c(NOC(=O)C3CC4CCC3CC4)nc(Cl)cc21. The highest BCUT2D eigenvalue weighted by atomic mass is 35.5. The summed E-state index contributed by atoms with van der Waals surface area (Å²) in [7, 11) is 1.94. The van der Waals surface area contributed by atoms with Gasteiger partial charge < -0.3 is 9.40 Å². The van der Waals surface area contributed by atoms with Crippen LogP contribution in [0.5, 0.6) is 0 Å². The maximum Gasteiger partial charge on any atom is 0.335 e. The fraction of sp³-hybridized carbons (Fsp3) is 0.529. The van der Waals surface area contributed by atoms with Gasteiger partial charge in [-0.15, -0.1) is 0 Å². The lowest BCUT2D eigenvalue weighted by atomic mass is 9.65. The molecule has 6 heteroatoms. The predicted molar refractivity (Wildman–Crippen MR) is 89.0 cm³/mol. The Morgan fingerprint density at radius 2 is 2.17 bits per heavy atom. The number of carbonyl (C=O) groups is 1. The first kappa shape index (κ1) is 14.8. The van der Waals surface area contributed by atoms with E-state index in [1.54, 1.807) is 6.07 Å². The van der Waals surface area contributed by atoms with Crippen LogP contribution in [0.2, 0.25) is 5.15 Å². The average molecular weight is 334 g/mol. The van der Waals surface area contributed by atoms with E-state index in [1.807, 2.05) is 23.9 Å². The lowest BCUT2D eigenvalue weighted by Crippen LogP contribution is -2.37. The summed E-state index contributed by atoms with van der Waals surface area (Å²) in [6.45, 7) is 0. The number of aromatic nitrogens is 2. The minimum atomic E-state index is -0.162. The van der Waals surface area contributed by atoms with Crippen LogP contribution in [0.15, 0.2) is 18.3 Å². The molecule has 5 rings (SSSR count). The van der Waals surface area contributed by atoms with E-state index >= 15 is 0 Å². The Kier molecular flexibility index (Phi) is 3.68. The second-order valence-electron chi connectivity index (χ2n) is 6.80. The molecule has 3 aliphatic carbocycles. The number of rotatable bonds is 3. The van der Waals surface area contributed by atoms with Crippen LogP contribution in [-0.4, -0.2) is 15.5 Å². The third kappa shape index (κ3) is 2.67. The summed E-state index contributed by atoms with van der Waals surface area (Å²) in [6, 6.07) is 3.72. The topological polar surface area (TPSA) is 56.2 Å². The fourth-order valence-electron chi connectivity index (χ4n) is 4.15. The van der Waals surface area contributed by atoms with Crippen LogP contribution in [0, 0.1) is 17.8 Å². The first-order valence-corrected chi connectivity index (χ1v) is 8.58. The minimum Gasteiger partial charge on any atom is -0.350 e. The van der Waals surface area contributed by atoms with Crippen molar-refractivity contribution in [3.63, 3.8) is 0 Å². The normalized spacial score (nSPS) is 26.4. The number of anilines is 1. The van der Waals surface area contributed by atoms with Crippen LogP contribution in [-0.2, 0) is 16.7 Å². The summed E-state index contributed by atoms with van der Waals surface area (Å²) in [4.78, 5) is 22.1. The van der Waals surface area contributed by atoms with Gasteiger partial charge in [0.2, 0.25) is 0 Å². The van der Waals surface area contributed by atoms with Crippen LogP contribution in [0.3, 0.4) is 0 Å². The Bertz CT molecular complexity index is 750. The molecule has 2 heterocycles. The number of nitrogens with one attached hydrogen (secondary N) is 1. The molecule has 2 bridgehead atoms. The van der Waals surface area contributed by atoms with E-state index in [-0.39, 0.29) is 11.9 Å². The molecule has 1 N–H and O–H groups in total. The molecule has 3 aliphatic rings. The van der Waals surface area contributed by atoms with Crippen molar-refractivity contribution < 1.29 is 9.63 Å². The molecule has 1 unspecified atom stereocenters. The first-order chi connectivity index (χ1) is 11.1. The predicted octanol–water partition coefficient (Wildman–Crippen LogP) is 3.92. The molecule has 2 aromatic heterocycles. The van der Waals surface area contributed by atoms with Crippen molar-refractivity contribution in [3.8, 4) is 0 Å². The third-order valence-electron chi connectivity index (χ3n) is 5.45. The standard InChI is InChI=1S/C17H20ClN3O2/c1-21-7-6-12-14(21)9-15(18)19-16(12)20-23-17(22)13-8-10-2-4-11(13)5-3-10/h6-7,9-11,13H,2-5,8H2,1H3,(H,19,20). The van der Waals surface area contributed by atoms with Crippen LogP contribution in [0.25, 0.3) is 10.9 Å². The molecular weight excluding hydrogens is 314 g/mol. The van der Waals surface area contributed by atoms with E-state index in [9.17, 15) is 4.79 Å². The van der Waals surface area contributed by atoms with Crippen LogP contribution in [0.1, 0.15) is 32.1 Å². The van der Waals surface area contributed by atoms with Gasteiger partial charge in [0.25, 0.3) is 0 Å². The highest BCUT2D eigenvalue weighted by molar-refractivity contribution is 6.30. The van der Waals surface area contributed by atoms with Gasteiger partial charge in [-0.1, -0.05) is 24.4 Å². The zero-order valence-corrected chi connectivity index (χ0v) is 13.8. The molecular formula is C17H20ClN3O2. The second kappa shape index (κ2) is 5.71. The van der Waals surface area contributed by atoms with E-state index in [1.165, 1.54) is 12.8 Å². The van der Waals surface area contributed by atoms with Crippen molar-refractivity contribution in [1.29, 1.82) is 0 Å². The average Bonchev–Trinajstić information content (AvgIpc) is 2.94. The molecule has 0 saturated heterocycles. The van der Waals surface area contributed by atoms with Crippen LogP contribution < -0.4 is 5.48 Å². The third-order valence-corrected chi connectivity index (χ3v) is 5.64. The van der Waals surface area contributed by atoms with Gasteiger partial charge in [-0.3, -0.25) is 0 Å². The molecule has 3 saturated carbocycles. The number of nitrogens with zero attached hydrogens (tertiary/aromatic N) is 2. The van der Waals surface area contributed by atoms with Crippen molar-refractivity contribution >= 4 is 34.3 Å². The van der Waals surface area contributed by atoms with Gasteiger partial charge in [0, 0.05) is 18.6 Å². The molecule has 2 aromatic rings. The van der Waals surface area contributed by atoms with E-state index < -0.39 is 0 Å². The Morgan fingerprint density at radius 3 is 2.87 bits per heavy atom. The van der Waals surface area contributed by atoms with E-state index in [2.05, 4.69) is 10.5 Å². The summed E-state index contributed by atoms with van der Waals surface area (Å²) in [6.07, 6.45) is 7.74. The zero-order chi connectivity index (χ0) is 16.0. The van der Waals surface area contributed by atoms with Crippen LogP contribution >= 0.6 is 11.6 Å². The molecule has 3 fully saturated rings. The van der Waals surface area contributed by atoms with Gasteiger partial charge >= 0.3 is 5.97 Å². The maximum absolute atomic E-state index is 12.4. The maximum atomic E-state index is 12.4. The Labute approximate surface area is 139 Å². The lowest BCUT2D eigenvalue weighted by Gasteiger charge is -2.40. The van der Waals surface area contributed by atoms with E-state index in [4.69, 9.17) is 16.4 Å². The number of aryl methyl sites for hydroxylation is 1. The molecule has 5 nitrogen and oxygen atoms in total. The molecule has 0 spiro atoms. The van der Waals surface area contributed by atoms with Gasteiger partial charge in [-0.05, 0) is 43.2 Å².